The lowest BCUT2D eigenvalue weighted by Gasteiger charge is -2.18. The number of hydrogen-bond donors (Lipinski definition) is 1. The van der Waals surface area contributed by atoms with Crippen LogP contribution in [-0.2, 0) is 6.18 Å². The second-order valence-corrected chi connectivity index (χ2v) is 4.55. The molecule has 0 radical (unpaired) electrons. The van der Waals surface area contributed by atoms with Crippen LogP contribution in [0.25, 0.3) is 0 Å². The van der Waals surface area contributed by atoms with E-state index in [9.17, 15) is 13.2 Å². The summed E-state index contributed by atoms with van der Waals surface area (Å²) in [7, 11) is 0. The molecule has 0 spiro atoms. The van der Waals surface area contributed by atoms with E-state index < -0.39 is 17.8 Å². The van der Waals surface area contributed by atoms with Gasteiger partial charge >= 0.3 is 6.18 Å². The molecular weight excluding hydrogens is 275 g/mol. The Kier molecular flexibility index (Phi) is 3.83. The fourth-order valence-corrected chi connectivity index (χ4v) is 2.00. The maximum absolute atomic E-state index is 12.9. The maximum Gasteiger partial charge on any atom is 0.416 e. The Hall–Kier alpha value is -1.52. The van der Waals surface area contributed by atoms with E-state index in [1.807, 2.05) is 0 Å². The van der Waals surface area contributed by atoms with E-state index in [4.69, 9.17) is 17.3 Å². The summed E-state index contributed by atoms with van der Waals surface area (Å²) in [6.45, 7) is 0. The van der Waals surface area contributed by atoms with Crippen LogP contribution in [-0.4, -0.2) is 0 Å². The Morgan fingerprint density at radius 3 is 2.11 bits per heavy atom. The van der Waals surface area contributed by atoms with Crippen LogP contribution < -0.4 is 5.73 Å². The molecule has 2 rings (SSSR count). The highest BCUT2D eigenvalue weighted by atomic mass is 35.5. The van der Waals surface area contributed by atoms with E-state index in [-0.39, 0.29) is 5.56 Å². The van der Waals surface area contributed by atoms with E-state index >= 15 is 0 Å². The van der Waals surface area contributed by atoms with Gasteiger partial charge in [-0.15, -0.1) is 0 Å². The van der Waals surface area contributed by atoms with Gasteiger partial charge in [-0.1, -0.05) is 41.9 Å². The van der Waals surface area contributed by atoms with E-state index in [0.29, 0.717) is 10.6 Å². The molecule has 0 aliphatic rings. The summed E-state index contributed by atoms with van der Waals surface area (Å²) in [5.41, 5.74) is 5.85. The van der Waals surface area contributed by atoms with Gasteiger partial charge in [-0.3, -0.25) is 0 Å². The van der Waals surface area contributed by atoms with Gasteiger partial charge in [-0.05, 0) is 29.3 Å². The first-order valence-corrected chi connectivity index (χ1v) is 5.94. The molecule has 2 aromatic carbocycles. The fraction of sp³-hybridized carbons (Fsp3) is 0.143. The highest BCUT2D eigenvalue weighted by Gasteiger charge is 2.34. The summed E-state index contributed by atoms with van der Waals surface area (Å²) in [4.78, 5) is 0. The summed E-state index contributed by atoms with van der Waals surface area (Å²) in [6.07, 6.45) is -4.42. The number of rotatable bonds is 2. The van der Waals surface area contributed by atoms with Gasteiger partial charge < -0.3 is 5.73 Å². The standard InChI is InChI=1S/C14H11ClF3N/c15-10-7-5-9(6-8-10)13(19)11-3-1-2-4-12(11)14(16,17)18/h1-8,13H,19H2. The first-order chi connectivity index (χ1) is 8.89. The average Bonchev–Trinajstić information content (AvgIpc) is 2.38. The third-order valence-electron chi connectivity index (χ3n) is 2.83. The molecule has 0 saturated heterocycles. The molecule has 5 heteroatoms. The molecule has 1 unspecified atom stereocenters. The van der Waals surface area contributed by atoms with Gasteiger partial charge in [0, 0.05) is 5.02 Å². The van der Waals surface area contributed by atoms with Gasteiger partial charge in [0.2, 0.25) is 0 Å². The summed E-state index contributed by atoms with van der Waals surface area (Å²) < 4.78 is 38.7. The molecule has 2 aromatic rings. The molecule has 0 aliphatic carbocycles. The van der Waals surface area contributed by atoms with Crippen molar-refractivity contribution in [2.45, 2.75) is 12.2 Å². The summed E-state index contributed by atoms with van der Waals surface area (Å²) >= 11 is 5.75. The molecule has 1 atom stereocenters. The van der Waals surface area contributed by atoms with Crippen molar-refractivity contribution >= 4 is 11.6 Å². The minimum absolute atomic E-state index is 0.0531. The molecule has 2 N–H and O–H groups in total. The Labute approximate surface area is 113 Å². The van der Waals surface area contributed by atoms with Crippen LogP contribution in [0.3, 0.4) is 0 Å². The van der Waals surface area contributed by atoms with Crippen LogP contribution in [0.4, 0.5) is 13.2 Å². The number of alkyl halides is 3. The number of halogens is 4. The molecular formula is C14H11ClF3N. The monoisotopic (exact) mass is 285 g/mol. The second kappa shape index (κ2) is 5.23. The van der Waals surface area contributed by atoms with Crippen LogP contribution in [0.1, 0.15) is 22.7 Å². The molecule has 19 heavy (non-hydrogen) atoms. The summed E-state index contributed by atoms with van der Waals surface area (Å²) in [5.74, 6) is 0. The maximum atomic E-state index is 12.9. The Morgan fingerprint density at radius 1 is 0.947 bits per heavy atom. The quantitative estimate of drug-likeness (QED) is 0.869. The van der Waals surface area contributed by atoms with Gasteiger partial charge in [0.15, 0.2) is 0 Å². The lowest BCUT2D eigenvalue weighted by Crippen LogP contribution is -2.18. The largest absolute Gasteiger partial charge is 0.416 e. The number of nitrogens with two attached hydrogens (primary N) is 1. The zero-order valence-corrected chi connectivity index (χ0v) is 10.5. The summed E-state index contributed by atoms with van der Waals surface area (Å²) in [5, 5.41) is 0.514. The molecule has 0 bridgehead atoms. The predicted molar refractivity (Wildman–Crippen MR) is 68.9 cm³/mol. The van der Waals surface area contributed by atoms with Crippen LogP contribution in [0.5, 0.6) is 0 Å². The molecule has 0 aromatic heterocycles. The first kappa shape index (κ1) is 13.9. The van der Waals surface area contributed by atoms with Crippen molar-refractivity contribution in [2.75, 3.05) is 0 Å². The lowest BCUT2D eigenvalue weighted by molar-refractivity contribution is -0.138. The predicted octanol–water partition coefficient (Wildman–Crippen LogP) is 4.41. The van der Waals surface area contributed by atoms with Crippen molar-refractivity contribution in [3.63, 3.8) is 0 Å². The Bertz CT molecular complexity index is 564. The molecule has 100 valence electrons. The van der Waals surface area contributed by atoms with Crippen molar-refractivity contribution < 1.29 is 13.2 Å². The Morgan fingerprint density at radius 2 is 1.53 bits per heavy atom. The smallest absolute Gasteiger partial charge is 0.320 e. The molecule has 0 aliphatic heterocycles. The normalized spacial score (nSPS) is 13.3. The minimum atomic E-state index is -4.42. The lowest BCUT2D eigenvalue weighted by atomic mass is 9.95. The molecule has 0 amide bonds. The van der Waals surface area contributed by atoms with Crippen LogP contribution >= 0.6 is 11.6 Å². The molecule has 0 fully saturated rings. The average molecular weight is 286 g/mol. The van der Waals surface area contributed by atoms with E-state index in [0.717, 1.165) is 6.07 Å². The number of hydrogen-bond acceptors (Lipinski definition) is 1. The van der Waals surface area contributed by atoms with E-state index in [2.05, 4.69) is 0 Å². The van der Waals surface area contributed by atoms with Crippen molar-refractivity contribution in [3.8, 4) is 0 Å². The van der Waals surface area contributed by atoms with Gasteiger partial charge in [0.1, 0.15) is 0 Å². The molecule has 0 saturated carbocycles. The van der Waals surface area contributed by atoms with E-state index in [1.54, 1.807) is 30.3 Å². The highest BCUT2D eigenvalue weighted by Crippen LogP contribution is 2.35. The van der Waals surface area contributed by atoms with Crippen LogP contribution in [0.15, 0.2) is 48.5 Å². The molecule has 0 heterocycles. The van der Waals surface area contributed by atoms with Gasteiger partial charge in [0.05, 0.1) is 11.6 Å². The fourth-order valence-electron chi connectivity index (χ4n) is 1.88. The van der Waals surface area contributed by atoms with Crippen LogP contribution in [0.2, 0.25) is 5.02 Å². The third-order valence-corrected chi connectivity index (χ3v) is 3.08. The zero-order chi connectivity index (χ0) is 14.0. The third kappa shape index (κ3) is 3.08. The first-order valence-electron chi connectivity index (χ1n) is 5.57. The SMILES string of the molecule is NC(c1ccc(Cl)cc1)c1ccccc1C(F)(F)F. The topological polar surface area (TPSA) is 26.0 Å². The zero-order valence-electron chi connectivity index (χ0n) is 9.79. The van der Waals surface area contributed by atoms with E-state index in [1.165, 1.54) is 12.1 Å². The highest BCUT2D eigenvalue weighted by molar-refractivity contribution is 6.30. The Balaban J connectivity index is 2.44. The van der Waals surface area contributed by atoms with Crippen molar-refractivity contribution in [2.24, 2.45) is 5.73 Å². The van der Waals surface area contributed by atoms with Crippen molar-refractivity contribution in [3.05, 3.63) is 70.2 Å². The van der Waals surface area contributed by atoms with Gasteiger partial charge in [-0.2, -0.15) is 13.2 Å². The van der Waals surface area contributed by atoms with Crippen molar-refractivity contribution in [1.82, 2.24) is 0 Å². The minimum Gasteiger partial charge on any atom is -0.320 e. The van der Waals surface area contributed by atoms with Crippen molar-refractivity contribution in [1.29, 1.82) is 0 Å². The summed E-state index contributed by atoms with van der Waals surface area (Å²) in [6, 6.07) is 10.9. The second-order valence-electron chi connectivity index (χ2n) is 4.11. The van der Waals surface area contributed by atoms with Gasteiger partial charge in [-0.25, -0.2) is 0 Å². The van der Waals surface area contributed by atoms with Gasteiger partial charge in [0.25, 0.3) is 0 Å². The number of benzene rings is 2. The molecule has 1 nitrogen and oxygen atoms in total. The van der Waals surface area contributed by atoms with Crippen LogP contribution in [0, 0.1) is 0 Å².